The molecular weight excluding hydrogens is 208 g/mol. The molecule has 1 unspecified atom stereocenters. The monoisotopic (exact) mass is 228 g/mol. The van der Waals surface area contributed by atoms with Crippen molar-refractivity contribution in [3.63, 3.8) is 0 Å². The minimum atomic E-state index is -0.124. The van der Waals surface area contributed by atoms with Crippen LogP contribution in [-0.4, -0.2) is 11.8 Å². The van der Waals surface area contributed by atoms with E-state index in [-0.39, 0.29) is 6.04 Å². The zero-order valence-electron chi connectivity index (χ0n) is 10.8. The number of allylic oxidation sites excluding steroid dienone is 2. The number of rotatable bonds is 4. The Hall–Kier alpha value is -1.67. The second-order valence-electron chi connectivity index (χ2n) is 4.14. The fourth-order valence-electron chi connectivity index (χ4n) is 1.34. The normalized spacial score (nSPS) is 14.0. The molecule has 0 saturated heterocycles. The Labute approximate surface area is 104 Å². The van der Waals surface area contributed by atoms with Gasteiger partial charge in [0.1, 0.15) is 0 Å². The third kappa shape index (κ3) is 4.00. The molecule has 2 N–H and O–H groups in total. The fraction of sp³-hybridized carbons (Fsp3) is 0.267. The van der Waals surface area contributed by atoms with Crippen LogP contribution >= 0.6 is 0 Å². The maximum Gasteiger partial charge on any atom is 0.0702 e. The molecule has 0 aromatic heterocycles. The molecule has 2 heteroatoms. The molecule has 0 amide bonds. The molecule has 1 aromatic rings. The molecule has 0 heterocycles. The molecule has 17 heavy (non-hydrogen) atoms. The lowest BCUT2D eigenvalue weighted by atomic mass is 10.1. The first kappa shape index (κ1) is 13.4. The van der Waals surface area contributed by atoms with E-state index >= 15 is 0 Å². The average Bonchev–Trinajstić information content (AvgIpc) is 2.29. The van der Waals surface area contributed by atoms with Crippen molar-refractivity contribution in [2.24, 2.45) is 10.7 Å². The number of aliphatic imine (C=N–C) groups is 1. The van der Waals surface area contributed by atoms with Crippen molar-refractivity contribution in [1.29, 1.82) is 0 Å². The number of benzene rings is 1. The molecule has 0 fully saturated rings. The van der Waals surface area contributed by atoms with Gasteiger partial charge in [0.2, 0.25) is 0 Å². The van der Waals surface area contributed by atoms with E-state index in [1.54, 1.807) is 0 Å². The molecule has 2 nitrogen and oxygen atoms in total. The predicted molar refractivity (Wildman–Crippen MR) is 75.3 cm³/mol. The summed E-state index contributed by atoms with van der Waals surface area (Å²) < 4.78 is 0. The molecule has 1 rings (SSSR count). The van der Waals surface area contributed by atoms with E-state index < -0.39 is 0 Å². The Morgan fingerprint density at radius 2 is 1.94 bits per heavy atom. The van der Waals surface area contributed by atoms with Crippen molar-refractivity contribution in [3.8, 4) is 0 Å². The van der Waals surface area contributed by atoms with Crippen molar-refractivity contribution in [2.45, 2.75) is 26.8 Å². The lowest BCUT2D eigenvalue weighted by molar-refractivity contribution is 0.853. The summed E-state index contributed by atoms with van der Waals surface area (Å²) in [4.78, 5) is 4.48. The molecule has 0 aliphatic carbocycles. The summed E-state index contributed by atoms with van der Waals surface area (Å²) in [5, 5.41) is 0. The molecule has 90 valence electrons. The Bertz CT molecular complexity index is 436. The van der Waals surface area contributed by atoms with Crippen LogP contribution < -0.4 is 5.73 Å². The summed E-state index contributed by atoms with van der Waals surface area (Å²) >= 11 is 0. The summed E-state index contributed by atoms with van der Waals surface area (Å²) in [7, 11) is 0. The van der Waals surface area contributed by atoms with Crippen LogP contribution in [0.5, 0.6) is 0 Å². The lowest BCUT2D eigenvalue weighted by Gasteiger charge is -2.07. The maximum atomic E-state index is 5.75. The van der Waals surface area contributed by atoms with E-state index in [1.807, 2.05) is 26.0 Å². The Balaban J connectivity index is 3.09. The molecular formula is C15H20N2. The van der Waals surface area contributed by atoms with Gasteiger partial charge >= 0.3 is 0 Å². The van der Waals surface area contributed by atoms with Gasteiger partial charge in [0.05, 0.1) is 11.4 Å². The Morgan fingerprint density at radius 1 is 1.35 bits per heavy atom. The van der Waals surface area contributed by atoms with Gasteiger partial charge < -0.3 is 5.73 Å². The first-order chi connectivity index (χ1) is 8.04. The van der Waals surface area contributed by atoms with Crippen molar-refractivity contribution < 1.29 is 0 Å². The first-order valence-corrected chi connectivity index (χ1v) is 5.77. The SMILES string of the molecule is C=C(N=C(/C=C\C)c1ccc(C)cc1)C(C)N. The third-order valence-electron chi connectivity index (χ3n) is 2.46. The quantitative estimate of drug-likeness (QED) is 0.789. The highest BCUT2D eigenvalue weighted by Crippen LogP contribution is 2.09. The number of aryl methyl sites for hydroxylation is 1. The van der Waals surface area contributed by atoms with Crippen LogP contribution in [0.25, 0.3) is 0 Å². The van der Waals surface area contributed by atoms with Crippen LogP contribution in [0.15, 0.2) is 53.7 Å². The molecule has 0 aliphatic heterocycles. The van der Waals surface area contributed by atoms with Gasteiger partial charge in [0.25, 0.3) is 0 Å². The van der Waals surface area contributed by atoms with Gasteiger partial charge in [-0.05, 0) is 26.8 Å². The fourth-order valence-corrected chi connectivity index (χ4v) is 1.34. The van der Waals surface area contributed by atoms with Gasteiger partial charge in [-0.15, -0.1) is 0 Å². The van der Waals surface area contributed by atoms with E-state index in [4.69, 9.17) is 5.73 Å². The van der Waals surface area contributed by atoms with Crippen LogP contribution in [0.4, 0.5) is 0 Å². The van der Waals surface area contributed by atoms with Gasteiger partial charge in [-0.1, -0.05) is 42.5 Å². The van der Waals surface area contributed by atoms with E-state index in [1.165, 1.54) is 5.56 Å². The van der Waals surface area contributed by atoms with E-state index in [0.29, 0.717) is 5.70 Å². The highest BCUT2D eigenvalue weighted by molar-refractivity contribution is 6.09. The lowest BCUT2D eigenvalue weighted by Crippen LogP contribution is -2.17. The maximum absolute atomic E-state index is 5.75. The molecule has 0 aliphatic rings. The predicted octanol–water partition coefficient (Wildman–Crippen LogP) is 3.22. The molecule has 1 atom stereocenters. The minimum absolute atomic E-state index is 0.124. The van der Waals surface area contributed by atoms with E-state index in [2.05, 4.69) is 42.8 Å². The first-order valence-electron chi connectivity index (χ1n) is 5.77. The van der Waals surface area contributed by atoms with Crippen molar-refractivity contribution in [1.82, 2.24) is 0 Å². The van der Waals surface area contributed by atoms with Crippen LogP contribution in [0.3, 0.4) is 0 Å². The molecule has 0 saturated carbocycles. The van der Waals surface area contributed by atoms with Crippen LogP contribution in [0, 0.1) is 6.92 Å². The van der Waals surface area contributed by atoms with Gasteiger partial charge in [0.15, 0.2) is 0 Å². The number of hydrogen-bond donors (Lipinski definition) is 1. The largest absolute Gasteiger partial charge is 0.323 e. The minimum Gasteiger partial charge on any atom is -0.323 e. The van der Waals surface area contributed by atoms with Crippen LogP contribution in [-0.2, 0) is 0 Å². The van der Waals surface area contributed by atoms with Gasteiger partial charge in [-0.25, -0.2) is 0 Å². The van der Waals surface area contributed by atoms with Gasteiger partial charge in [-0.3, -0.25) is 4.99 Å². The van der Waals surface area contributed by atoms with Crippen LogP contribution in [0.2, 0.25) is 0 Å². The smallest absolute Gasteiger partial charge is 0.0702 e. The van der Waals surface area contributed by atoms with Crippen molar-refractivity contribution in [2.75, 3.05) is 0 Å². The van der Waals surface area contributed by atoms with Gasteiger partial charge in [0, 0.05) is 11.6 Å². The molecule has 0 spiro atoms. The Morgan fingerprint density at radius 3 is 2.41 bits per heavy atom. The molecule has 1 aromatic carbocycles. The number of nitrogens with two attached hydrogens (primary N) is 1. The summed E-state index contributed by atoms with van der Waals surface area (Å²) in [5.41, 5.74) is 9.66. The highest BCUT2D eigenvalue weighted by Gasteiger charge is 2.03. The molecule has 0 bridgehead atoms. The second-order valence-corrected chi connectivity index (χ2v) is 4.14. The number of hydrogen-bond acceptors (Lipinski definition) is 2. The topological polar surface area (TPSA) is 38.4 Å². The average molecular weight is 228 g/mol. The molecule has 0 radical (unpaired) electrons. The standard InChI is InChI=1S/C15H20N2/c1-5-6-15(17-13(4)12(3)16)14-9-7-11(2)8-10-14/h5-10,12H,4,16H2,1-3H3/b6-5-,17-15?. The third-order valence-corrected chi connectivity index (χ3v) is 2.46. The Kier molecular flexibility index (Phi) is 4.85. The summed E-state index contributed by atoms with van der Waals surface area (Å²) in [6, 6.07) is 8.14. The van der Waals surface area contributed by atoms with Crippen LogP contribution in [0.1, 0.15) is 25.0 Å². The highest BCUT2D eigenvalue weighted by atomic mass is 14.8. The van der Waals surface area contributed by atoms with Crippen molar-refractivity contribution in [3.05, 3.63) is 59.8 Å². The second kappa shape index (κ2) is 6.16. The summed E-state index contributed by atoms with van der Waals surface area (Å²) in [5.74, 6) is 0. The van der Waals surface area contributed by atoms with Gasteiger partial charge in [-0.2, -0.15) is 0 Å². The summed E-state index contributed by atoms with van der Waals surface area (Å²) in [6.45, 7) is 9.79. The number of nitrogens with zero attached hydrogens (tertiary/aromatic N) is 1. The summed E-state index contributed by atoms with van der Waals surface area (Å²) in [6.07, 6.45) is 3.94. The van der Waals surface area contributed by atoms with E-state index in [0.717, 1.165) is 11.3 Å². The zero-order chi connectivity index (χ0) is 12.8. The van der Waals surface area contributed by atoms with Crippen molar-refractivity contribution >= 4 is 5.71 Å². The zero-order valence-corrected chi connectivity index (χ0v) is 10.8. The van der Waals surface area contributed by atoms with E-state index in [9.17, 15) is 0 Å².